The molecule has 4 heterocycles. The molecule has 3 aromatic rings. The van der Waals surface area contributed by atoms with Gasteiger partial charge in [0.2, 0.25) is 0 Å². The van der Waals surface area contributed by atoms with Crippen LogP contribution in [0, 0.1) is 19.8 Å². The zero-order valence-electron chi connectivity index (χ0n) is 14.8. The van der Waals surface area contributed by atoms with Gasteiger partial charge in [0.05, 0.1) is 22.6 Å². The number of hydrogen-bond acceptors (Lipinski definition) is 6. The Morgan fingerprint density at radius 2 is 2.15 bits per heavy atom. The van der Waals surface area contributed by atoms with Crippen LogP contribution in [0.5, 0.6) is 0 Å². The van der Waals surface area contributed by atoms with E-state index in [1.165, 1.54) is 0 Å². The first-order valence-electron chi connectivity index (χ1n) is 8.65. The molecular formula is C18H20N6O2. The number of likely N-dealkylation sites (tertiary alicyclic amines) is 1. The van der Waals surface area contributed by atoms with Gasteiger partial charge < -0.3 is 9.42 Å². The van der Waals surface area contributed by atoms with Crippen LogP contribution in [0.1, 0.15) is 34.1 Å². The Morgan fingerprint density at radius 1 is 1.31 bits per heavy atom. The molecule has 8 heteroatoms. The highest BCUT2D eigenvalue weighted by Gasteiger charge is 2.29. The lowest BCUT2D eigenvalue weighted by molar-refractivity contribution is 0.0781. The third kappa shape index (κ3) is 2.98. The molecule has 1 aliphatic rings. The van der Waals surface area contributed by atoms with Crippen LogP contribution in [-0.2, 0) is 6.42 Å². The quantitative estimate of drug-likeness (QED) is 0.772. The van der Waals surface area contributed by atoms with Crippen molar-refractivity contribution in [3.63, 3.8) is 0 Å². The maximum atomic E-state index is 12.5. The molecule has 1 saturated heterocycles. The van der Waals surface area contributed by atoms with Gasteiger partial charge in [-0.3, -0.25) is 19.9 Å². The summed E-state index contributed by atoms with van der Waals surface area (Å²) in [5, 5.41) is 10.6. The summed E-state index contributed by atoms with van der Waals surface area (Å²) in [6, 6.07) is 1.70. The van der Waals surface area contributed by atoms with E-state index in [-0.39, 0.29) is 5.91 Å². The van der Waals surface area contributed by atoms with E-state index in [1.54, 1.807) is 24.7 Å². The van der Waals surface area contributed by atoms with Gasteiger partial charge in [0.1, 0.15) is 11.5 Å². The Kier molecular flexibility index (Phi) is 4.24. The number of nitrogens with one attached hydrogen (secondary N) is 1. The number of carbonyl (C=O) groups excluding carboxylic acids is 1. The largest absolute Gasteiger partial charge is 0.361 e. The molecule has 0 radical (unpaired) electrons. The first-order valence-corrected chi connectivity index (χ1v) is 8.65. The minimum atomic E-state index is -0.00454. The van der Waals surface area contributed by atoms with Crippen molar-refractivity contribution in [3.05, 3.63) is 47.5 Å². The maximum absolute atomic E-state index is 12.5. The zero-order chi connectivity index (χ0) is 18.1. The molecule has 8 nitrogen and oxygen atoms in total. The molecule has 1 fully saturated rings. The minimum absolute atomic E-state index is 0.00454. The molecule has 0 bridgehead atoms. The second-order valence-electron chi connectivity index (χ2n) is 6.63. The second-order valence-corrected chi connectivity index (χ2v) is 6.63. The van der Waals surface area contributed by atoms with Crippen molar-refractivity contribution in [1.29, 1.82) is 0 Å². The lowest BCUT2D eigenvalue weighted by atomic mass is 9.98. The average molecular weight is 352 g/mol. The fraction of sp³-hybridized carbons (Fsp3) is 0.389. The number of aromatic amines is 1. The van der Waals surface area contributed by atoms with Crippen LogP contribution in [0.15, 0.2) is 29.2 Å². The smallest absolute Gasteiger partial charge is 0.271 e. The summed E-state index contributed by atoms with van der Waals surface area (Å²) < 4.78 is 5.28. The number of H-pyrrole nitrogens is 1. The van der Waals surface area contributed by atoms with Crippen LogP contribution < -0.4 is 0 Å². The highest BCUT2D eigenvalue weighted by molar-refractivity contribution is 5.92. The number of aryl methyl sites for hydroxylation is 2. The van der Waals surface area contributed by atoms with E-state index in [4.69, 9.17) is 4.52 Å². The maximum Gasteiger partial charge on any atom is 0.271 e. The molecular weight excluding hydrogens is 332 g/mol. The summed E-state index contributed by atoms with van der Waals surface area (Å²) in [6.07, 6.45) is 6.70. The predicted octanol–water partition coefficient (Wildman–Crippen LogP) is 2.18. The Morgan fingerprint density at radius 3 is 2.88 bits per heavy atom. The molecule has 4 rings (SSSR count). The van der Waals surface area contributed by atoms with Gasteiger partial charge in [-0.15, -0.1) is 0 Å². The molecule has 1 N–H and O–H groups in total. The molecule has 1 aliphatic heterocycles. The number of aromatic nitrogens is 5. The van der Waals surface area contributed by atoms with Crippen LogP contribution in [0.2, 0.25) is 0 Å². The number of carbonyl (C=O) groups is 1. The van der Waals surface area contributed by atoms with E-state index in [1.807, 2.05) is 18.7 Å². The zero-order valence-corrected chi connectivity index (χ0v) is 14.8. The summed E-state index contributed by atoms with van der Waals surface area (Å²) in [7, 11) is 0. The summed E-state index contributed by atoms with van der Waals surface area (Å²) in [6.45, 7) is 5.23. The van der Waals surface area contributed by atoms with Gasteiger partial charge >= 0.3 is 0 Å². The van der Waals surface area contributed by atoms with Crippen molar-refractivity contribution in [2.24, 2.45) is 5.92 Å². The van der Waals surface area contributed by atoms with E-state index in [9.17, 15) is 4.79 Å². The summed E-state index contributed by atoms with van der Waals surface area (Å²) in [5.41, 5.74) is 4.00. The number of rotatable bonds is 4. The normalized spacial score (nSPS) is 17.0. The van der Waals surface area contributed by atoms with Gasteiger partial charge in [-0.1, -0.05) is 5.16 Å². The highest BCUT2D eigenvalue weighted by Crippen LogP contribution is 2.30. The van der Waals surface area contributed by atoms with Gasteiger partial charge in [-0.25, -0.2) is 0 Å². The number of hydrogen-bond donors (Lipinski definition) is 1. The molecule has 0 aromatic carbocycles. The Labute approximate surface area is 150 Å². The Balaban J connectivity index is 1.52. The summed E-state index contributed by atoms with van der Waals surface area (Å²) in [4.78, 5) is 23.4. The van der Waals surface area contributed by atoms with Crippen molar-refractivity contribution in [2.75, 3.05) is 13.1 Å². The minimum Gasteiger partial charge on any atom is -0.361 e. The fourth-order valence-electron chi connectivity index (χ4n) is 3.55. The van der Waals surface area contributed by atoms with Gasteiger partial charge in [0.25, 0.3) is 5.91 Å². The van der Waals surface area contributed by atoms with E-state index in [0.29, 0.717) is 18.2 Å². The van der Waals surface area contributed by atoms with Crippen molar-refractivity contribution < 1.29 is 9.32 Å². The molecule has 1 amide bonds. The SMILES string of the molecule is Cc1noc(C)c1-c1nccnc1CC1CCN(C(=O)c2ccn[nH]2)C1. The van der Waals surface area contributed by atoms with Gasteiger partial charge in [0, 0.05) is 31.7 Å². The monoisotopic (exact) mass is 352 g/mol. The van der Waals surface area contributed by atoms with Crippen molar-refractivity contribution in [3.8, 4) is 11.3 Å². The molecule has 0 spiro atoms. The lowest BCUT2D eigenvalue weighted by Crippen LogP contribution is -2.29. The van der Waals surface area contributed by atoms with E-state index in [2.05, 4.69) is 25.3 Å². The molecule has 3 aromatic heterocycles. The summed E-state index contributed by atoms with van der Waals surface area (Å²) in [5.74, 6) is 1.08. The van der Waals surface area contributed by atoms with Crippen LogP contribution in [0.4, 0.5) is 0 Å². The second kappa shape index (κ2) is 6.70. The standard InChI is InChI=1S/C18H20N6O2/c1-11-16(12(2)26-23-11)17-15(19-6-7-20-17)9-13-4-8-24(10-13)18(25)14-3-5-21-22-14/h3,5-7,13H,4,8-10H2,1-2H3,(H,21,22). The molecule has 26 heavy (non-hydrogen) atoms. The Hall–Kier alpha value is -3.03. The highest BCUT2D eigenvalue weighted by atomic mass is 16.5. The third-order valence-corrected chi connectivity index (χ3v) is 4.83. The molecule has 134 valence electrons. The van der Waals surface area contributed by atoms with Gasteiger partial charge in [-0.05, 0) is 38.7 Å². The number of amides is 1. The molecule has 0 saturated carbocycles. The van der Waals surface area contributed by atoms with Crippen LogP contribution in [0.3, 0.4) is 0 Å². The van der Waals surface area contributed by atoms with Gasteiger partial charge in [0.15, 0.2) is 0 Å². The first-order chi connectivity index (χ1) is 12.6. The van der Waals surface area contributed by atoms with Crippen LogP contribution in [-0.4, -0.2) is 49.2 Å². The third-order valence-electron chi connectivity index (χ3n) is 4.83. The average Bonchev–Trinajstić information content (AvgIpc) is 3.38. The van der Waals surface area contributed by atoms with Crippen molar-refractivity contribution >= 4 is 5.91 Å². The van der Waals surface area contributed by atoms with E-state index >= 15 is 0 Å². The molecule has 1 atom stereocenters. The first kappa shape index (κ1) is 16.4. The molecule has 0 aliphatic carbocycles. The Bertz CT molecular complexity index is 898. The van der Waals surface area contributed by atoms with E-state index < -0.39 is 0 Å². The van der Waals surface area contributed by atoms with Crippen LogP contribution >= 0.6 is 0 Å². The van der Waals surface area contributed by atoms with E-state index in [0.717, 1.165) is 47.8 Å². The van der Waals surface area contributed by atoms with Crippen LogP contribution in [0.25, 0.3) is 11.3 Å². The van der Waals surface area contributed by atoms with Crippen molar-refractivity contribution in [1.82, 2.24) is 30.2 Å². The predicted molar refractivity (Wildman–Crippen MR) is 93.3 cm³/mol. The topological polar surface area (TPSA) is 101 Å². The van der Waals surface area contributed by atoms with Crippen molar-refractivity contribution in [2.45, 2.75) is 26.7 Å². The summed E-state index contributed by atoms with van der Waals surface area (Å²) >= 11 is 0. The molecule has 1 unspecified atom stereocenters. The van der Waals surface area contributed by atoms with Gasteiger partial charge in [-0.2, -0.15) is 5.10 Å². The fourth-order valence-corrected chi connectivity index (χ4v) is 3.55. The lowest BCUT2D eigenvalue weighted by Gasteiger charge is -2.16. The number of nitrogens with zero attached hydrogens (tertiary/aromatic N) is 5.